The Morgan fingerprint density at radius 2 is 1.61 bits per heavy atom. The molecule has 0 radical (unpaired) electrons. The molecule has 0 aliphatic heterocycles. The van der Waals surface area contributed by atoms with Gasteiger partial charge in [-0.3, -0.25) is 9.10 Å². The number of amides is 1. The van der Waals surface area contributed by atoms with Gasteiger partial charge in [0.25, 0.3) is 15.9 Å². The zero-order valence-electron chi connectivity index (χ0n) is 19.8. The molecule has 0 fully saturated rings. The van der Waals surface area contributed by atoms with E-state index >= 15 is 0 Å². The molecular formula is C28H25ClN2O4S. The molecule has 4 aromatic rings. The molecule has 36 heavy (non-hydrogen) atoms. The lowest BCUT2D eigenvalue weighted by atomic mass is 10.1. The predicted octanol–water partition coefficient (Wildman–Crippen LogP) is 6.30. The molecule has 4 aromatic carbocycles. The molecule has 1 N–H and O–H groups in total. The summed E-state index contributed by atoms with van der Waals surface area (Å²) in [6, 6.07) is 27.1. The van der Waals surface area contributed by atoms with Crippen LogP contribution in [0.2, 0.25) is 5.02 Å². The Hall–Kier alpha value is -3.81. The number of rotatable bonds is 8. The number of carbonyl (C=O) groups excluding carboxylic acids is 1. The minimum Gasteiger partial charge on any atom is -0.497 e. The second-order valence-electron chi connectivity index (χ2n) is 8.15. The van der Waals surface area contributed by atoms with Crippen LogP contribution < -0.4 is 14.4 Å². The van der Waals surface area contributed by atoms with Crippen molar-refractivity contribution in [2.24, 2.45) is 0 Å². The van der Waals surface area contributed by atoms with E-state index in [-0.39, 0.29) is 22.7 Å². The van der Waals surface area contributed by atoms with Crippen LogP contribution in [0.3, 0.4) is 0 Å². The van der Waals surface area contributed by atoms with Crippen molar-refractivity contribution in [3.63, 3.8) is 0 Å². The fourth-order valence-corrected chi connectivity index (χ4v) is 5.27. The van der Waals surface area contributed by atoms with Gasteiger partial charge in [0.15, 0.2) is 0 Å². The monoisotopic (exact) mass is 520 g/mol. The third-order valence-electron chi connectivity index (χ3n) is 5.59. The zero-order valence-corrected chi connectivity index (χ0v) is 21.4. The number of nitrogens with one attached hydrogen (secondary N) is 1. The molecule has 8 heteroatoms. The first-order chi connectivity index (χ1) is 17.3. The smallest absolute Gasteiger partial charge is 0.264 e. The van der Waals surface area contributed by atoms with Crippen LogP contribution in [-0.2, 0) is 16.6 Å². The topological polar surface area (TPSA) is 75.7 Å². The number of ether oxygens (including phenoxy) is 1. The second kappa shape index (κ2) is 10.8. The normalized spacial score (nSPS) is 11.1. The minimum absolute atomic E-state index is 0.0107. The third kappa shape index (κ3) is 5.70. The summed E-state index contributed by atoms with van der Waals surface area (Å²) in [5.74, 6) is 0.145. The molecule has 0 heterocycles. The number of nitrogens with zero attached hydrogens (tertiary/aromatic N) is 1. The maximum atomic E-state index is 13.9. The fourth-order valence-electron chi connectivity index (χ4n) is 3.68. The average molecular weight is 521 g/mol. The van der Waals surface area contributed by atoms with Crippen molar-refractivity contribution in [2.45, 2.75) is 18.4 Å². The van der Waals surface area contributed by atoms with Crippen LogP contribution in [0.5, 0.6) is 5.75 Å². The first kappa shape index (κ1) is 25.3. The van der Waals surface area contributed by atoms with Crippen LogP contribution in [0.4, 0.5) is 11.4 Å². The highest BCUT2D eigenvalue weighted by Crippen LogP contribution is 2.30. The maximum Gasteiger partial charge on any atom is 0.264 e. The summed E-state index contributed by atoms with van der Waals surface area (Å²) in [4.78, 5) is 13.5. The molecule has 0 aromatic heterocycles. The molecule has 0 atom stereocenters. The van der Waals surface area contributed by atoms with Crippen molar-refractivity contribution in [3.8, 4) is 5.75 Å². The van der Waals surface area contributed by atoms with Crippen molar-refractivity contribution < 1.29 is 17.9 Å². The number of para-hydroxylation sites is 1. The van der Waals surface area contributed by atoms with Gasteiger partial charge in [-0.1, -0.05) is 59.6 Å². The van der Waals surface area contributed by atoms with E-state index in [1.807, 2.05) is 6.92 Å². The van der Waals surface area contributed by atoms with Gasteiger partial charge in [-0.15, -0.1) is 0 Å². The van der Waals surface area contributed by atoms with E-state index in [2.05, 4.69) is 5.32 Å². The van der Waals surface area contributed by atoms with E-state index in [0.717, 1.165) is 11.1 Å². The van der Waals surface area contributed by atoms with Gasteiger partial charge >= 0.3 is 0 Å². The molecule has 4 rings (SSSR count). The largest absolute Gasteiger partial charge is 0.497 e. The van der Waals surface area contributed by atoms with Gasteiger partial charge in [0.05, 0.1) is 29.8 Å². The van der Waals surface area contributed by atoms with Gasteiger partial charge in [-0.05, 0) is 61.0 Å². The summed E-state index contributed by atoms with van der Waals surface area (Å²) < 4.78 is 34.3. The standard InChI is InChI=1S/C28H25ClN2O4S/c1-20-10-16-25(17-11-20)36(33,34)31(19-21-12-14-22(29)15-13-21)27-9-4-3-8-26(27)28(32)30-23-6-5-7-24(18-23)35-2/h3-18H,19H2,1-2H3,(H,30,32). The van der Waals surface area contributed by atoms with Crippen LogP contribution >= 0.6 is 11.6 Å². The lowest BCUT2D eigenvalue weighted by Crippen LogP contribution is -2.32. The van der Waals surface area contributed by atoms with Crippen LogP contribution in [-0.4, -0.2) is 21.4 Å². The van der Waals surface area contributed by atoms with Gasteiger partial charge in [0.1, 0.15) is 5.75 Å². The molecule has 1 amide bonds. The predicted molar refractivity (Wildman–Crippen MR) is 143 cm³/mol. The van der Waals surface area contributed by atoms with Gasteiger partial charge in [0, 0.05) is 16.8 Å². The SMILES string of the molecule is COc1cccc(NC(=O)c2ccccc2N(Cc2ccc(Cl)cc2)S(=O)(=O)c2ccc(C)cc2)c1. The van der Waals surface area contributed by atoms with E-state index in [4.69, 9.17) is 16.3 Å². The summed E-state index contributed by atoms with van der Waals surface area (Å²) in [5.41, 5.74) is 2.66. The van der Waals surface area contributed by atoms with Crippen LogP contribution in [0.25, 0.3) is 0 Å². The van der Waals surface area contributed by atoms with Gasteiger partial charge < -0.3 is 10.1 Å². The Morgan fingerprint density at radius 1 is 0.917 bits per heavy atom. The lowest BCUT2D eigenvalue weighted by molar-refractivity contribution is 0.102. The summed E-state index contributed by atoms with van der Waals surface area (Å²) in [7, 11) is -2.48. The fraction of sp³-hybridized carbons (Fsp3) is 0.107. The number of hydrogen-bond acceptors (Lipinski definition) is 4. The zero-order chi connectivity index (χ0) is 25.7. The van der Waals surface area contributed by atoms with E-state index in [1.54, 1.807) is 104 Å². The molecule has 0 aliphatic carbocycles. The molecule has 0 aliphatic rings. The highest BCUT2D eigenvalue weighted by Gasteiger charge is 2.28. The Labute approximate surface area is 216 Å². The minimum atomic E-state index is -4.02. The molecule has 6 nitrogen and oxygen atoms in total. The number of anilines is 2. The Balaban J connectivity index is 1.78. The highest BCUT2D eigenvalue weighted by molar-refractivity contribution is 7.92. The van der Waals surface area contributed by atoms with E-state index < -0.39 is 15.9 Å². The number of halogens is 1. The van der Waals surface area contributed by atoms with Crippen LogP contribution in [0.15, 0.2) is 102 Å². The van der Waals surface area contributed by atoms with Crippen molar-refractivity contribution in [2.75, 3.05) is 16.7 Å². The number of aryl methyl sites for hydroxylation is 1. The quantitative estimate of drug-likeness (QED) is 0.295. The van der Waals surface area contributed by atoms with E-state index in [0.29, 0.717) is 16.5 Å². The van der Waals surface area contributed by atoms with Crippen LogP contribution in [0, 0.1) is 6.92 Å². The molecule has 0 saturated carbocycles. The summed E-state index contributed by atoms with van der Waals surface area (Å²) >= 11 is 6.04. The third-order valence-corrected chi connectivity index (χ3v) is 7.62. The summed E-state index contributed by atoms with van der Waals surface area (Å²) in [6.45, 7) is 1.90. The molecular weight excluding hydrogens is 496 g/mol. The molecule has 0 spiro atoms. The summed E-state index contributed by atoms with van der Waals surface area (Å²) in [5, 5.41) is 3.39. The van der Waals surface area contributed by atoms with Crippen molar-refractivity contribution in [3.05, 3.63) is 119 Å². The number of carbonyl (C=O) groups is 1. The van der Waals surface area contributed by atoms with Crippen LogP contribution in [0.1, 0.15) is 21.5 Å². The molecule has 0 saturated heterocycles. The average Bonchev–Trinajstić information content (AvgIpc) is 2.88. The number of hydrogen-bond donors (Lipinski definition) is 1. The first-order valence-electron chi connectivity index (χ1n) is 11.2. The first-order valence-corrected chi connectivity index (χ1v) is 13.0. The van der Waals surface area contributed by atoms with Crippen molar-refractivity contribution >= 4 is 38.9 Å². The van der Waals surface area contributed by atoms with Crippen molar-refractivity contribution in [1.29, 1.82) is 0 Å². The van der Waals surface area contributed by atoms with Crippen molar-refractivity contribution in [1.82, 2.24) is 0 Å². The summed E-state index contributed by atoms with van der Waals surface area (Å²) in [6.07, 6.45) is 0. The van der Waals surface area contributed by atoms with E-state index in [1.165, 1.54) is 4.31 Å². The lowest BCUT2D eigenvalue weighted by Gasteiger charge is -2.27. The van der Waals surface area contributed by atoms with Gasteiger partial charge in [-0.25, -0.2) is 8.42 Å². The number of methoxy groups -OCH3 is 1. The second-order valence-corrected chi connectivity index (χ2v) is 10.5. The Bertz CT molecular complexity index is 1470. The highest BCUT2D eigenvalue weighted by atomic mass is 35.5. The molecule has 0 unspecified atom stereocenters. The Morgan fingerprint density at radius 3 is 2.31 bits per heavy atom. The van der Waals surface area contributed by atoms with E-state index in [9.17, 15) is 13.2 Å². The number of benzene rings is 4. The Kier molecular flexibility index (Phi) is 7.62. The van der Waals surface area contributed by atoms with Gasteiger partial charge in [-0.2, -0.15) is 0 Å². The maximum absolute atomic E-state index is 13.9. The molecule has 0 bridgehead atoms. The van der Waals surface area contributed by atoms with Gasteiger partial charge in [0.2, 0.25) is 0 Å². The number of sulfonamides is 1. The molecule has 184 valence electrons.